The van der Waals surface area contributed by atoms with Gasteiger partial charge in [0.05, 0.1) is 28.2 Å². The van der Waals surface area contributed by atoms with Crippen molar-refractivity contribution in [2.24, 2.45) is 0 Å². The molecule has 0 unspecified atom stereocenters. The Labute approximate surface area is 255 Å². The van der Waals surface area contributed by atoms with Gasteiger partial charge in [0.1, 0.15) is 0 Å². The van der Waals surface area contributed by atoms with E-state index in [1.165, 1.54) is 6.20 Å². The summed E-state index contributed by atoms with van der Waals surface area (Å²) in [7, 11) is 0. The molecule has 0 spiro atoms. The normalized spacial score (nSPS) is 10.9. The zero-order chi connectivity index (χ0) is 29.1. The number of benzene rings is 3. The van der Waals surface area contributed by atoms with Crippen molar-refractivity contribution in [1.82, 2.24) is 20.1 Å². The third-order valence-electron chi connectivity index (χ3n) is 6.18. The molecule has 1 amide bonds. The van der Waals surface area contributed by atoms with Crippen molar-refractivity contribution in [2.75, 3.05) is 0 Å². The maximum absolute atomic E-state index is 13.4. The molecule has 5 rings (SSSR count). The Bertz CT molecular complexity index is 1750. The fraction of sp³-hybridized carbons (Fsp3) is 0.0667. The third-order valence-corrected chi connectivity index (χ3v) is 7.23. The second-order valence-electron chi connectivity index (χ2n) is 8.90. The monoisotopic (exact) mass is 624 g/mol. The molecule has 0 saturated heterocycles. The van der Waals surface area contributed by atoms with Crippen LogP contribution in [0.3, 0.4) is 0 Å². The molecule has 0 saturated carbocycles. The molecule has 41 heavy (non-hydrogen) atoms. The number of rotatable bonds is 7. The maximum atomic E-state index is 13.4. The van der Waals surface area contributed by atoms with Crippen molar-refractivity contribution < 1.29 is 14.3 Å². The first kappa shape index (κ1) is 28.6. The van der Waals surface area contributed by atoms with Crippen LogP contribution >= 0.6 is 46.4 Å². The van der Waals surface area contributed by atoms with Gasteiger partial charge in [-0.2, -0.15) is 5.10 Å². The van der Waals surface area contributed by atoms with E-state index in [1.54, 1.807) is 78.5 Å². The molecule has 0 bridgehead atoms. The number of carbonyl (C=O) groups excluding carboxylic acids is 2. The fourth-order valence-electron chi connectivity index (χ4n) is 4.14. The van der Waals surface area contributed by atoms with Gasteiger partial charge in [-0.05, 0) is 67.6 Å². The van der Waals surface area contributed by atoms with Crippen LogP contribution in [0.2, 0.25) is 20.1 Å². The van der Waals surface area contributed by atoms with Crippen LogP contribution in [0.25, 0.3) is 16.9 Å². The topological polar surface area (TPSA) is 86.1 Å². The number of nitrogens with one attached hydrogen (secondary N) is 1. The predicted octanol–water partition coefficient (Wildman–Crippen LogP) is 8.01. The first-order valence-electron chi connectivity index (χ1n) is 12.2. The lowest BCUT2D eigenvalue weighted by atomic mass is 10.1. The van der Waals surface area contributed by atoms with E-state index in [0.717, 1.165) is 5.56 Å². The summed E-state index contributed by atoms with van der Waals surface area (Å²) >= 11 is 24.7. The molecule has 5 aromatic rings. The van der Waals surface area contributed by atoms with Gasteiger partial charge in [0.2, 0.25) is 0 Å². The van der Waals surface area contributed by atoms with E-state index in [-0.39, 0.29) is 18.0 Å². The summed E-state index contributed by atoms with van der Waals surface area (Å²) in [6.45, 7) is 1.85. The van der Waals surface area contributed by atoms with Gasteiger partial charge in [0.15, 0.2) is 11.4 Å². The SMILES string of the molecule is Cc1c(C(=O)NCc2ccncc2OC(=O)c2ccc(Cl)cc2)nn(-c2ccc(Cl)cc2Cl)c1-c1ccc(Cl)cc1. The van der Waals surface area contributed by atoms with Gasteiger partial charge < -0.3 is 10.1 Å². The molecule has 206 valence electrons. The van der Waals surface area contributed by atoms with Crippen LogP contribution in [0.1, 0.15) is 32.0 Å². The summed E-state index contributed by atoms with van der Waals surface area (Å²) in [5.74, 6) is -0.803. The van der Waals surface area contributed by atoms with Crippen molar-refractivity contribution in [3.63, 3.8) is 0 Å². The minimum absolute atomic E-state index is 0.0505. The van der Waals surface area contributed by atoms with Crippen LogP contribution in [0, 0.1) is 6.92 Å². The minimum atomic E-state index is -0.579. The van der Waals surface area contributed by atoms with E-state index in [4.69, 9.17) is 51.1 Å². The molecular weight excluding hydrogens is 606 g/mol. The Morgan fingerprint density at radius 3 is 2.22 bits per heavy atom. The number of amides is 1. The Hall–Kier alpha value is -3.88. The maximum Gasteiger partial charge on any atom is 0.343 e. The van der Waals surface area contributed by atoms with Gasteiger partial charge in [-0.1, -0.05) is 58.5 Å². The largest absolute Gasteiger partial charge is 0.421 e. The third kappa shape index (κ3) is 6.39. The van der Waals surface area contributed by atoms with Crippen LogP contribution < -0.4 is 10.1 Å². The lowest BCUT2D eigenvalue weighted by Crippen LogP contribution is -2.24. The first-order chi connectivity index (χ1) is 19.7. The van der Waals surface area contributed by atoms with Crippen LogP contribution in [0.15, 0.2) is 85.2 Å². The molecule has 7 nitrogen and oxygen atoms in total. The van der Waals surface area contributed by atoms with Crippen molar-refractivity contribution in [3.8, 4) is 22.7 Å². The van der Waals surface area contributed by atoms with Gasteiger partial charge in [0.25, 0.3) is 5.91 Å². The highest BCUT2D eigenvalue weighted by molar-refractivity contribution is 6.35. The number of nitrogens with zero attached hydrogens (tertiary/aromatic N) is 3. The molecular formula is C30H20Cl4N4O3. The number of halogens is 4. The van der Waals surface area contributed by atoms with Crippen LogP contribution in [0.5, 0.6) is 5.75 Å². The lowest BCUT2D eigenvalue weighted by molar-refractivity contribution is 0.0732. The van der Waals surface area contributed by atoms with Gasteiger partial charge in [-0.15, -0.1) is 0 Å². The predicted molar refractivity (Wildman–Crippen MR) is 161 cm³/mol. The Morgan fingerprint density at radius 2 is 1.54 bits per heavy atom. The summed E-state index contributed by atoms with van der Waals surface area (Å²) in [4.78, 5) is 30.1. The number of ether oxygens (including phenoxy) is 1. The average molecular weight is 626 g/mol. The lowest BCUT2D eigenvalue weighted by Gasteiger charge is -2.11. The number of aromatic nitrogens is 3. The summed E-state index contributed by atoms with van der Waals surface area (Å²) in [5, 5.41) is 9.41. The van der Waals surface area contributed by atoms with Crippen molar-refractivity contribution in [2.45, 2.75) is 13.5 Å². The molecule has 2 aromatic heterocycles. The number of hydrogen-bond donors (Lipinski definition) is 1. The van der Waals surface area contributed by atoms with E-state index in [9.17, 15) is 9.59 Å². The second kappa shape index (κ2) is 12.3. The number of pyridine rings is 1. The zero-order valence-corrected chi connectivity index (χ0v) is 24.4. The molecule has 1 N–H and O–H groups in total. The summed E-state index contributed by atoms with van der Waals surface area (Å²) in [6.07, 6.45) is 2.96. The fourth-order valence-corrected chi connectivity index (χ4v) is 4.88. The number of hydrogen-bond acceptors (Lipinski definition) is 5. The van der Waals surface area contributed by atoms with Gasteiger partial charge >= 0.3 is 5.97 Å². The number of carbonyl (C=O) groups is 2. The highest BCUT2D eigenvalue weighted by Crippen LogP contribution is 2.33. The van der Waals surface area contributed by atoms with Crippen LogP contribution in [0.4, 0.5) is 0 Å². The Kier molecular flexibility index (Phi) is 8.61. The van der Waals surface area contributed by atoms with E-state index in [1.807, 2.05) is 12.1 Å². The molecule has 3 aromatic carbocycles. The number of esters is 1. The average Bonchev–Trinajstić information content (AvgIpc) is 3.29. The molecule has 0 fully saturated rings. The molecule has 0 atom stereocenters. The molecule has 11 heteroatoms. The summed E-state index contributed by atoms with van der Waals surface area (Å²) in [6, 6.07) is 20.2. The van der Waals surface area contributed by atoms with E-state index < -0.39 is 11.9 Å². The molecule has 0 aliphatic carbocycles. The molecule has 0 aliphatic rings. The van der Waals surface area contributed by atoms with Crippen molar-refractivity contribution in [3.05, 3.63) is 128 Å². The van der Waals surface area contributed by atoms with Gasteiger partial charge in [-0.3, -0.25) is 9.78 Å². The van der Waals surface area contributed by atoms with E-state index in [2.05, 4.69) is 15.4 Å². The van der Waals surface area contributed by atoms with Crippen molar-refractivity contribution in [1.29, 1.82) is 0 Å². The second-order valence-corrected chi connectivity index (χ2v) is 10.6. The van der Waals surface area contributed by atoms with Crippen LogP contribution in [-0.4, -0.2) is 26.6 Å². The van der Waals surface area contributed by atoms with Gasteiger partial charge in [0, 0.05) is 44.5 Å². The summed E-state index contributed by atoms with van der Waals surface area (Å²) < 4.78 is 7.16. The quantitative estimate of drug-likeness (QED) is 0.185. The standard InChI is InChI=1S/C30H20Cl4N4O3/c1-17-27(37-38(25-11-10-23(33)14-24(25)34)28(17)18-2-6-21(31)7-3-18)29(39)36-15-20-12-13-35-16-26(20)41-30(40)19-4-8-22(32)9-5-19/h2-14,16H,15H2,1H3,(H,36,39). The highest BCUT2D eigenvalue weighted by atomic mass is 35.5. The molecule has 2 heterocycles. The Morgan fingerprint density at radius 1 is 0.878 bits per heavy atom. The first-order valence-corrected chi connectivity index (χ1v) is 13.7. The molecule has 0 aliphatic heterocycles. The van der Waals surface area contributed by atoms with E-state index in [0.29, 0.717) is 48.2 Å². The Balaban J connectivity index is 1.43. The zero-order valence-electron chi connectivity index (χ0n) is 21.4. The smallest absolute Gasteiger partial charge is 0.343 e. The highest BCUT2D eigenvalue weighted by Gasteiger charge is 2.24. The van der Waals surface area contributed by atoms with Crippen molar-refractivity contribution >= 4 is 58.3 Å². The molecule has 0 radical (unpaired) electrons. The van der Waals surface area contributed by atoms with Gasteiger partial charge in [-0.25, -0.2) is 9.48 Å². The minimum Gasteiger partial charge on any atom is -0.421 e. The summed E-state index contributed by atoms with van der Waals surface area (Å²) in [5.41, 5.74) is 3.69. The van der Waals surface area contributed by atoms with Crippen LogP contribution in [-0.2, 0) is 6.54 Å². The van der Waals surface area contributed by atoms with E-state index >= 15 is 0 Å².